The van der Waals surface area contributed by atoms with Crippen LogP contribution in [0.4, 0.5) is 18.9 Å². The number of alkyl halides is 3. The third-order valence-electron chi connectivity index (χ3n) is 5.34. The molecule has 1 amide bonds. The molecule has 5 rings (SSSR count). The van der Waals surface area contributed by atoms with Gasteiger partial charge in [0, 0.05) is 11.1 Å². The molecule has 0 saturated carbocycles. The molecule has 0 spiro atoms. The van der Waals surface area contributed by atoms with Gasteiger partial charge in [0.2, 0.25) is 12.6 Å². The molecule has 0 saturated heterocycles. The SMILES string of the molecule is O=C(Nc1cccc2c1nc(C(F)(F)F)n2Cc1cc2c(cc1Cl)OCO2)c1c(Cl)cccc1Cl. The molecule has 0 bridgehead atoms. The predicted octanol–water partition coefficient (Wildman–Crippen LogP) is 7.04. The quantitative estimate of drug-likeness (QED) is 0.300. The van der Waals surface area contributed by atoms with E-state index in [9.17, 15) is 18.0 Å². The molecule has 1 N–H and O–H groups in total. The summed E-state index contributed by atoms with van der Waals surface area (Å²) in [4.78, 5) is 16.7. The van der Waals surface area contributed by atoms with Gasteiger partial charge in [-0.3, -0.25) is 4.79 Å². The number of fused-ring (bicyclic) bond motifs is 2. The third-order valence-corrected chi connectivity index (χ3v) is 6.32. The molecule has 6 nitrogen and oxygen atoms in total. The van der Waals surface area contributed by atoms with Crippen molar-refractivity contribution in [2.45, 2.75) is 12.7 Å². The van der Waals surface area contributed by atoms with E-state index >= 15 is 0 Å². The number of para-hydroxylation sites is 1. The van der Waals surface area contributed by atoms with Gasteiger partial charge in [-0.05, 0) is 35.9 Å². The molecule has 3 aromatic carbocycles. The van der Waals surface area contributed by atoms with Gasteiger partial charge in [-0.2, -0.15) is 13.2 Å². The summed E-state index contributed by atoms with van der Waals surface area (Å²) >= 11 is 18.5. The molecule has 180 valence electrons. The maximum absolute atomic E-state index is 14.0. The molecule has 0 atom stereocenters. The fourth-order valence-electron chi connectivity index (χ4n) is 3.77. The minimum atomic E-state index is -4.78. The number of benzene rings is 3. The van der Waals surface area contributed by atoms with Crippen molar-refractivity contribution in [1.82, 2.24) is 9.55 Å². The van der Waals surface area contributed by atoms with Crippen LogP contribution in [0.5, 0.6) is 11.5 Å². The molecule has 0 fully saturated rings. The number of carbonyl (C=O) groups is 1. The van der Waals surface area contributed by atoms with E-state index in [-0.39, 0.29) is 50.7 Å². The highest BCUT2D eigenvalue weighted by atomic mass is 35.5. The highest BCUT2D eigenvalue weighted by Crippen LogP contribution is 2.39. The van der Waals surface area contributed by atoms with Crippen LogP contribution in [-0.2, 0) is 12.7 Å². The second-order valence-corrected chi connectivity index (χ2v) is 8.76. The maximum atomic E-state index is 14.0. The molecule has 0 aliphatic carbocycles. The lowest BCUT2D eigenvalue weighted by Gasteiger charge is -2.13. The molecular weight excluding hydrogens is 530 g/mol. The van der Waals surface area contributed by atoms with Crippen LogP contribution >= 0.6 is 34.8 Å². The minimum absolute atomic E-state index is 0.00421. The average Bonchev–Trinajstić information content (AvgIpc) is 3.39. The molecule has 1 aliphatic heterocycles. The van der Waals surface area contributed by atoms with Gasteiger partial charge in [0.1, 0.15) is 5.52 Å². The summed E-state index contributed by atoms with van der Waals surface area (Å²) < 4.78 is 53.5. The van der Waals surface area contributed by atoms with Crippen LogP contribution < -0.4 is 14.8 Å². The Hall–Kier alpha value is -3.14. The van der Waals surface area contributed by atoms with Crippen molar-refractivity contribution in [1.29, 1.82) is 0 Å². The Balaban J connectivity index is 1.59. The number of imidazole rings is 1. The van der Waals surface area contributed by atoms with E-state index in [0.717, 1.165) is 4.57 Å². The fourth-order valence-corrected chi connectivity index (χ4v) is 4.56. The third kappa shape index (κ3) is 4.35. The molecule has 1 aliphatic rings. The monoisotopic (exact) mass is 541 g/mol. The Kier molecular flexibility index (Phi) is 5.94. The lowest BCUT2D eigenvalue weighted by molar-refractivity contribution is -0.146. The largest absolute Gasteiger partial charge is 0.454 e. The van der Waals surface area contributed by atoms with Gasteiger partial charge in [0.05, 0.1) is 33.4 Å². The van der Waals surface area contributed by atoms with E-state index in [4.69, 9.17) is 44.3 Å². The van der Waals surface area contributed by atoms with Crippen molar-refractivity contribution in [3.8, 4) is 11.5 Å². The number of carbonyl (C=O) groups excluding carboxylic acids is 1. The van der Waals surface area contributed by atoms with Crippen LogP contribution in [0.3, 0.4) is 0 Å². The standard InChI is InChI=1S/C23H13Cl3F3N3O3/c24-12-3-1-4-13(25)19(12)21(33)30-15-5-2-6-16-20(15)31-22(23(27,28)29)32(16)9-11-7-17-18(8-14(11)26)35-10-34-17/h1-8H,9-10H2,(H,30,33). The summed E-state index contributed by atoms with van der Waals surface area (Å²) in [5.41, 5.74) is 0.500. The summed E-state index contributed by atoms with van der Waals surface area (Å²) in [6, 6.07) is 12.0. The number of ether oxygens (including phenoxy) is 2. The Bertz CT molecular complexity index is 1470. The molecule has 0 radical (unpaired) electrons. The number of aromatic nitrogens is 2. The predicted molar refractivity (Wildman–Crippen MR) is 126 cm³/mol. The number of hydrogen-bond donors (Lipinski definition) is 1. The minimum Gasteiger partial charge on any atom is -0.454 e. The number of hydrogen-bond acceptors (Lipinski definition) is 4. The van der Waals surface area contributed by atoms with Gasteiger partial charge in [0.15, 0.2) is 11.5 Å². The molecule has 35 heavy (non-hydrogen) atoms. The molecule has 2 heterocycles. The zero-order valence-electron chi connectivity index (χ0n) is 17.4. The first kappa shape index (κ1) is 23.6. The van der Waals surface area contributed by atoms with Crippen LogP contribution in [0.25, 0.3) is 11.0 Å². The van der Waals surface area contributed by atoms with Gasteiger partial charge in [-0.25, -0.2) is 4.98 Å². The van der Waals surface area contributed by atoms with Crippen molar-refractivity contribution in [3.63, 3.8) is 0 Å². The number of nitrogens with zero attached hydrogens (tertiary/aromatic N) is 2. The van der Waals surface area contributed by atoms with Crippen LogP contribution in [-0.4, -0.2) is 22.3 Å². The summed E-state index contributed by atoms with van der Waals surface area (Å²) in [6.45, 7) is -0.260. The molecule has 0 unspecified atom stereocenters. The molecule has 4 aromatic rings. The van der Waals surface area contributed by atoms with E-state index in [1.807, 2.05) is 0 Å². The first-order valence-corrected chi connectivity index (χ1v) is 11.2. The van der Waals surface area contributed by atoms with Gasteiger partial charge in [-0.1, -0.05) is 46.9 Å². The van der Waals surface area contributed by atoms with Gasteiger partial charge >= 0.3 is 6.18 Å². The van der Waals surface area contributed by atoms with Crippen molar-refractivity contribution in [2.75, 3.05) is 12.1 Å². The molecule has 1 aromatic heterocycles. The normalized spacial score (nSPS) is 12.9. The second-order valence-electron chi connectivity index (χ2n) is 7.54. The molecule has 12 heteroatoms. The van der Waals surface area contributed by atoms with Crippen molar-refractivity contribution in [2.24, 2.45) is 0 Å². The number of anilines is 1. The van der Waals surface area contributed by atoms with Gasteiger partial charge < -0.3 is 19.4 Å². The van der Waals surface area contributed by atoms with Crippen molar-refractivity contribution < 1.29 is 27.4 Å². The number of rotatable bonds is 4. The first-order chi connectivity index (χ1) is 16.6. The highest BCUT2D eigenvalue weighted by molar-refractivity contribution is 6.40. The number of halogens is 6. The Labute approximate surface area is 211 Å². The van der Waals surface area contributed by atoms with E-state index in [0.29, 0.717) is 17.1 Å². The topological polar surface area (TPSA) is 65.4 Å². The van der Waals surface area contributed by atoms with E-state index < -0.39 is 17.9 Å². The van der Waals surface area contributed by atoms with Crippen LogP contribution in [0.2, 0.25) is 15.1 Å². The molecular formula is C23H13Cl3F3N3O3. The Morgan fingerprint density at radius 3 is 2.34 bits per heavy atom. The summed E-state index contributed by atoms with van der Waals surface area (Å²) in [7, 11) is 0. The van der Waals surface area contributed by atoms with E-state index in [2.05, 4.69) is 10.3 Å². The Morgan fingerprint density at radius 2 is 1.66 bits per heavy atom. The smallest absolute Gasteiger partial charge is 0.449 e. The van der Waals surface area contributed by atoms with E-state index in [1.165, 1.54) is 42.5 Å². The lowest BCUT2D eigenvalue weighted by Crippen LogP contribution is -2.15. The van der Waals surface area contributed by atoms with Crippen LogP contribution in [0, 0.1) is 0 Å². The lowest BCUT2D eigenvalue weighted by atomic mass is 10.1. The van der Waals surface area contributed by atoms with Crippen molar-refractivity contribution in [3.05, 3.63) is 80.6 Å². The zero-order chi connectivity index (χ0) is 24.9. The van der Waals surface area contributed by atoms with Crippen molar-refractivity contribution >= 4 is 57.4 Å². The second kappa shape index (κ2) is 8.82. The van der Waals surface area contributed by atoms with Gasteiger partial charge in [0.25, 0.3) is 5.91 Å². The van der Waals surface area contributed by atoms with E-state index in [1.54, 1.807) is 6.07 Å². The first-order valence-electron chi connectivity index (χ1n) is 10.0. The number of nitrogens with one attached hydrogen (secondary N) is 1. The zero-order valence-corrected chi connectivity index (χ0v) is 19.7. The summed E-state index contributed by atoms with van der Waals surface area (Å²) in [6.07, 6.45) is -4.78. The summed E-state index contributed by atoms with van der Waals surface area (Å²) in [5.74, 6) is -1.05. The summed E-state index contributed by atoms with van der Waals surface area (Å²) in [5, 5.41) is 2.98. The average molecular weight is 543 g/mol. The maximum Gasteiger partial charge on any atom is 0.449 e. The van der Waals surface area contributed by atoms with Crippen LogP contribution in [0.15, 0.2) is 48.5 Å². The van der Waals surface area contributed by atoms with Gasteiger partial charge in [-0.15, -0.1) is 0 Å². The van der Waals surface area contributed by atoms with Crippen LogP contribution in [0.1, 0.15) is 21.7 Å². The number of amides is 1. The fraction of sp³-hybridized carbons (Fsp3) is 0.130. The highest BCUT2D eigenvalue weighted by Gasteiger charge is 2.38. The Morgan fingerprint density at radius 1 is 1.00 bits per heavy atom.